The van der Waals surface area contributed by atoms with Crippen LogP contribution in [0, 0.1) is 0 Å². The van der Waals surface area contributed by atoms with Gasteiger partial charge in [-0.1, -0.05) is 54.1 Å². The Balaban J connectivity index is 1.79. The van der Waals surface area contributed by atoms with Crippen molar-refractivity contribution < 1.29 is 17.2 Å². The number of hydrogen-bond acceptors (Lipinski definition) is 3. The van der Waals surface area contributed by atoms with Crippen molar-refractivity contribution in [1.29, 1.82) is 0 Å². The van der Waals surface area contributed by atoms with Crippen LogP contribution in [0.2, 0.25) is 5.02 Å². The van der Waals surface area contributed by atoms with Gasteiger partial charge in [0.05, 0.1) is 5.71 Å². The number of benzene rings is 2. The average Bonchev–Trinajstić information content (AvgIpc) is 2.93. The first-order valence-corrected chi connectivity index (χ1v) is 15.0. The Morgan fingerprint density at radius 2 is 1.70 bits per heavy atom. The topological polar surface area (TPSA) is 107 Å². The molecule has 1 atom stereocenters. The number of guanidine groups is 2. The van der Waals surface area contributed by atoms with Crippen LogP contribution >= 0.6 is 11.6 Å². The van der Waals surface area contributed by atoms with Crippen LogP contribution in [0.3, 0.4) is 0 Å². The van der Waals surface area contributed by atoms with Crippen molar-refractivity contribution in [3.8, 4) is 0 Å². The van der Waals surface area contributed by atoms with E-state index in [0.29, 0.717) is 36.8 Å². The molecule has 2 aliphatic heterocycles. The summed E-state index contributed by atoms with van der Waals surface area (Å²) in [7, 11) is -4.34. The zero-order valence-electron chi connectivity index (χ0n) is 22.5. The molecule has 216 valence electrons. The Kier molecular flexibility index (Phi) is 9.42. The van der Waals surface area contributed by atoms with E-state index in [-0.39, 0.29) is 30.9 Å². The molecule has 2 heterocycles. The maximum absolute atomic E-state index is 13.7. The van der Waals surface area contributed by atoms with E-state index in [1.807, 2.05) is 56.3 Å². The van der Waals surface area contributed by atoms with Gasteiger partial charge >= 0.3 is 10.2 Å². The molecule has 0 spiro atoms. The molecular weight excluding hydrogens is 560 g/mol. The number of nitrogens with two attached hydrogens (primary N) is 1. The van der Waals surface area contributed by atoms with E-state index in [0.717, 1.165) is 15.4 Å². The van der Waals surface area contributed by atoms with Gasteiger partial charge < -0.3 is 10.6 Å². The van der Waals surface area contributed by atoms with Crippen molar-refractivity contribution in [3.63, 3.8) is 0 Å². The molecule has 1 saturated heterocycles. The van der Waals surface area contributed by atoms with Gasteiger partial charge in [0.2, 0.25) is 0 Å². The first-order valence-electron chi connectivity index (χ1n) is 13.3. The van der Waals surface area contributed by atoms with Crippen molar-refractivity contribution in [2.45, 2.75) is 45.0 Å². The van der Waals surface area contributed by atoms with Gasteiger partial charge in [-0.3, -0.25) is 0 Å². The SMILES string of the molecule is CCN(CC)/C(N)=N/C(=N\S(=O)(=O)N1CCC(F)(F)CC1)N1CCC(c2ccccc2)C(c2ccc(Cl)cc2)=N1. The third-order valence-corrected chi connectivity index (χ3v) is 8.70. The minimum Gasteiger partial charge on any atom is -0.369 e. The van der Waals surface area contributed by atoms with Crippen LogP contribution < -0.4 is 5.73 Å². The van der Waals surface area contributed by atoms with E-state index in [1.165, 1.54) is 5.01 Å². The number of aliphatic imine (C=N–C) groups is 1. The fraction of sp³-hybridized carbons (Fsp3) is 0.444. The van der Waals surface area contributed by atoms with E-state index in [1.54, 1.807) is 17.0 Å². The Bertz CT molecular complexity index is 1360. The van der Waals surface area contributed by atoms with Crippen molar-refractivity contribution >= 4 is 39.4 Å². The highest BCUT2D eigenvalue weighted by Gasteiger charge is 2.39. The molecule has 9 nitrogen and oxygen atoms in total. The average molecular weight is 594 g/mol. The molecule has 0 aliphatic carbocycles. The summed E-state index contributed by atoms with van der Waals surface area (Å²) in [4.78, 5) is 6.16. The Morgan fingerprint density at radius 1 is 1.07 bits per heavy atom. The molecule has 2 aromatic carbocycles. The number of piperidine rings is 1. The molecule has 2 aromatic rings. The van der Waals surface area contributed by atoms with Gasteiger partial charge in [0, 0.05) is 56.5 Å². The summed E-state index contributed by atoms with van der Waals surface area (Å²) in [5.41, 5.74) is 8.81. The minimum atomic E-state index is -4.34. The van der Waals surface area contributed by atoms with Crippen LogP contribution in [0.4, 0.5) is 8.78 Å². The number of hydrogen-bond donors (Lipinski definition) is 1. The van der Waals surface area contributed by atoms with Gasteiger partial charge in [0.1, 0.15) is 0 Å². The van der Waals surface area contributed by atoms with E-state index in [4.69, 9.17) is 22.4 Å². The summed E-state index contributed by atoms with van der Waals surface area (Å²) in [5, 5.41) is 6.85. The second-order valence-corrected chi connectivity index (χ2v) is 11.7. The maximum Gasteiger partial charge on any atom is 0.325 e. The number of rotatable bonds is 6. The van der Waals surface area contributed by atoms with Crippen molar-refractivity contribution in [3.05, 3.63) is 70.7 Å². The van der Waals surface area contributed by atoms with Crippen LogP contribution in [-0.2, 0) is 10.2 Å². The minimum absolute atomic E-state index is 0.0788. The summed E-state index contributed by atoms with van der Waals surface area (Å²) in [6.45, 7) is 4.52. The summed E-state index contributed by atoms with van der Waals surface area (Å²) < 4.78 is 59.0. The number of halogens is 3. The van der Waals surface area contributed by atoms with Crippen LogP contribution in [0.25, 0.3) is 0 Å². The van der Waals surface area contributed by atoms with Crippen molar-refractivity contribution in [1.82, 2.24) is 14.2 Å². The molecule has 13 heteroatoms. The summed E-state index contributed by atoms with van der Waals surface area (Å²) in [6, 6.07) is 17.1. The molecule has 0 aromatic heterocycles. The Morgan fingerprint density at radius 3 is 2.30 bits per heavy atom. The van der Waals surface area contributed by atoms with E-state index in [9.17, 15) is 17.2 Å². The summed E-state index contributed by atoms with van der Waals surface area (Å²) >= 11 is 6.14. The fourth-order valence-electron chi connectivity index (χ4n) is 4.72. The van der Waals surface area contributed by atoms with Crippen LogP contribution in [-0.4, -0.2) is 78.9 Å². The molecule has 0 bridgehead atoms. The van der Waals surface area contributed by atoms with Gasteiger partial charge in [0.15, 0.2) is 5.96 Å². The molecule has 40 heavy (non-hydrogen) atoms. The zero-order valence-corrected chi connectivity index (χ0v) is 24.1. The van der Waals surface area contributed by atoms with Crippen LogP contribution in [0.1, 0.15) is 50.2 Å². The highest BCUT2D eigenvalue weighted by atomic mass is 35.5. The lowest BCUT2D eigenvalue weighted by atomic mass is 9.86. The third-order valence-electron chi connectivity index (χ3n) is 7.04. The number of nitrogens with zero attached hydrogens (tertiary/aromatic N) is 6. The smallest absolute Gasteiger partial charge is 0.325 e. The number of hydrazone groups is 1. The lowest BCUT2D eigenvalue weighted by Gasteiger charge is -2.32. The summed E-state index contributed by atoms with van der Waals surface area (Å²) in [6.07, 6.45) is -0.548. The zero-order chi connectivity index (χ0) is 28.9. The predicted molar refractivity (Wildman–Crippen MR) is 155 cm³/mol. The van der Waals surface area contributed by atoms with E-state index >= 15 is 0 Å². The van der Waals surface area contributed by atoms with Crippen molar-refractivity contribution in [2.24, 2.45) is 20.2 Å². The molecule has 2 N–H and O–H groups in total. The highest BCUT2D eigenvalue weighted by molar-refractivity contribution is 7.87. The highest BCUT2D eigenvalue weighted by Crippen LogP contribution is 2.32. The quantitative estimate of drug-likeness (QED) is 0.391. The normalized spacial score (nSPS) is 20.8. The van der Waals surface area contributed by atoms with E-state index in [2.05, 4.69) is 9.39 Å². The Hall–Kier alpha value is -3.09. The molecule has 1 fully saturated rings. The van der Waals surface area contributed by atoms with E-state index < -0.39 is 29.0 Å². The molecule has 1 unspecified atom stereocenters. The number of alkyl halides is 2. The largest absolute Gasteiger partial charge is 0.369 e. The first kappa shape index (κ1) is 29.9. The third kappa shape index (κ3) is 7.15. The monoisotopic (exact) mass is 593 g/mol. The molecule has 0 amide bonds. The Labute approximate surface area is 239 Å². The second kappa shape index (κ2) is 12.6. The molecule has 0 radical (unpaired) electrons. The van der Waals surface area contributed by atoms with Gasteiger partial charge in [-0.05, 0) is 43.5 Å². The predicted octanol–water partition coefficient (Wildman–Crippen LogP) is 4.52. The fourth-order valence-corrected chi connectivity index (χ4v) is 5.95. The molecule has 2 aliphatic rings. The lowest BCUT2D eigenvalue weighted by Crippen LogP contribution is -2.44. The maximum atomic E-state index is 13.7. The standard InChI is InChI=1S/C27H34ClF2N7O2S/c1-3-35(4-2)25(31)32-26(34-40(38,39)36-18-15-27(29,30)16-19-36)37-17-14-23(20-8-6-5-7-9-20)24(33-37)21-10-12-22(28)13-11-21/h5-13,23H,3-4,14-19H2,1-2H3,(H2,31,32,34). The molecular formula is C27H34ClF2N7O2S. The van der Waals surface area contributed by atoms with Gasteiger partial charge in [-0.15, -0.1) is 4.40 Å². The second-order valence-electron chi connectivity index (χ2n) is 9.63. The van der Waals surface area contributed by atoms with Crippen LogP contribution in [0.15, 0.2) is 69.1 Å². The lowest BCUT2D eigenvalue weighted by molar-refractivity contribution is -0.0411. The molecule has 0 saturated carbocycles. The first-order chi connectivity index (χ1) is 19.0. The van der Waals surface area contributed by atoms with Crippen LogP contribution in [0.5, 0.6) is 0 Å². The molecule has 4 rings (SSSR count). The van der Waals surface area contributed by atoms with Gasteiger partial charge in [-0.2, -0.15) is 22.8 Å². The summed E-state index contributed by atoms with van der Waals surface area (Å²) in [5.74, 6) is -3.12. The van der Waals surface area contributed by atoms with Gasteiger partial charge in [-0.25, -0.2) is 13.8 Å². The van der Waals surface area contributed by atoms with Crippen molar-refractivity contribution in [2.75, 3.05) is 32.7 Å². The van der Waals surface area contributed by atoms with Gasteiger partial charge in [0.25, 0.3) is 11.9 Å².